The van der Waals surface area contributed by atoms with Crippen LogP contribution in [0.1, 0.15) is 41.7 Å². The van der Waals surface area contributed by atoms with E-state index in [2.05, 4.69) is 9.88 Å². The van der Waals surface area contributed by atoms with Crippen LogP contribution in [0.5, 0.6) is 0 Å². The lowest BCUT2D eigenvalue weighted by atomic mass is 10.1. The summed E-state index contributed by atoms with van der Waals surface area (Å²) in [5.74, 6) is -0.0332. The van der Waals surface area contributed by atoms with Gasteiger partial charge in [-0.2, -0.15) is 0 Å². The molecule has 1 aliphatic rings. The molecule has 2 heterocycles. The molecule has 0 N–H and O–H groups in total. The van der Waals surface area contributed by atoms with E-state index in [1.165, 1.54) is 12.8 Å². The molecule has 0 spiro atoms. The number of rotatable bonds is 4. The molecule has 24 heavy (non-hydrogen) atoms. The number of aromatic nitrogens is 1. The highest BCUT2D eigenvalue weighted by Crippen LogP contribution is 2.30. The first-order valence-corrected chi connectivity index (χ1v) is 8.67. The number of hydrogen-bond acceptors (Lipinski definition) is 3. The van der Waals surface area contributed by atoms with Crippen molar-refractivity contribution in [3.63, 3.8) is 0 Å². The van der Waals surface area contributed by atoms with E-state index < -0.39 is 0 Å². The summed E-state index contributed by atoms with van der Waals surface area (Å²) in [5.41, 5.74) is 2.70. The molecule has 1 aromatic heterocycles. The number of amides is 1. The Morgan fingerprint density at radius 3 is 2.50 bits per heavy atom. The summed E-state index contributed by atoms with van der Waals surface area (Å²) >= 11 is 6.43. The standard InChI is InChI=1S/C19H22ClN3O/c1-14(15-7-9-21-10-8-15)22(2)19(24)16-5-6-18(17(20)13-16)23-11-3-4-12-23/h5-10,13-14H,3-4,11-12H2,1-2H3. The summed E-state index contributed by atoms with van der Waals surface area (Å²) in [4.78, 5) is 20.8. The fourth-order valence-corrected chi connectivity index (χ4v) is 3.40. The van der Waals surface area contributed by atoms with Crippen LogP contribution in [0, 0.1) is 0 Å². The lowest BCUT2D eigenvalue weighted by molar-refractivity contribution is 0.0742. The Balaban J connectivity index is 1.78. The average molecular weight is 344 g/mol. The molecule has 0 bridgehead atoms. The Kier molecular flexibility index (Phi) is 5.05. The van der Waals surface area contributed by atoms with Gasteiger partial charge < -0.3 is 9.80 Å². The second-order valence-electron chi connectivity index (χ2n) is 6.23. The summed E-state index contributed by atoms with van der Waals surface area (Å²) in [6.45, 7) is 4.07. The zero-order chi connectivity index (χ0) is 17.1. The molecule has 1 atom stereocenters. The minimum atomic E-state index is -0.0332. The van der Waals surface area contributed by atoms with E-state index in [4.69, 9.17) is 11.6 Å². The second kappa shape index (κ2) is 7.22. The van der Waals surface area contributed by atoms with Crippen molar-refractivity contribution >= 4 is 23.2 Å². The first kappa shape index (κ1) is 16.8. The number of halogens is 1. The van der Waals surface area contributed by atoms with Gasteiger partial charge in [0.25, 0.3) is 5.91 Å². The largest absolute Gasteiger partial charge is 0.370 e. The lowest BCUT2D eigenvalue weighted by Crippen LogP contribution is -2.29. The van der Waals surface area contributed by atoms with Crippen molar-refractivity contribution in [2.24, 2.45) is 0 Å². The van der Waals surface area contributed by atoms with Crippen LogP contribution in [-0.4, -0.2) is 35.9 Å². The predicted molar refractivity (Wildman–Crippen MR) is 97.6 cm³/mol. The maximum Gasteiger partial charge on any atom is 0.254 e. The van der Waals surface area contributed by atoms with Crippen molar-refractivity contribution in [3.8, 4) is 0 Å². The van der Waals surface area contributed by atoms with E-state index in [0.29, 0.717) is 10.6 Å². The van der Waals surface area contributed by atoms with Crippen molar-refractivity contribution in [2.45, 2.75) is 25.8 Å². The van der Waals surface area contributed by atoms with E-state index in [1.807, 2.05) is 38.2 Å². The number of anilines is 1. The van der Waals surface area contributed by atoms with Crippen molar-refractivity contribution in [3.05, 3.63) is 58.9 Å². The molecule has 2 aromatic rings. The highest BCUT2D eigenvalue weighted by Gasteiger charge is 2.21. The molecular formula is C19H22ClN3O. The van der Waals surface area contributed by atoms with Gasteiger partial charge in [0.1, 0.15) is 0 Å². The smallest absolute Gasteiger partial charge is 0.254 e. The average Bonchev–Trinajstić information content (AvgIpc) is 3.14. The third kappa shape index (κ3) is 3.39. The molecule has 1 amide bonds. The maximum atomic E-state index is 12.8. The van der Waals surface area contributed by atoms with E-state index in [1.54, 1.807) is 23.4 Å². The monoisotopic (exact) mass is 343 g/mol. The Morgan fingerprint density at radius 2 is 1.88 bits per heavy atom. The van der Waals surface area contributed by atoms with Crippen LogP contribution in [0.2, 0.25) is 5.02 Å². The number of benzene rings is 1. The van der Waals surface area contributed by atoms with Gasteiger partial charge in [0.2, 0.25) is 0 Å². The Morgan fingerprint density at radius 1 is 1.21 bits per heavy atom. The quantitative estimate of drug-likeness (QED) is 0.836. The van der Waals surface area contributed by atoms with Gasteiger partial charge in [-0.05, 0) is 55.7 Å². The van der Waals surface area contributed by atoms with Crippen LogP contribution >= 0.6 is 11.6 Å². The number of nitrogens with zero attached hydrogens (tertiary/aromatic N) is 3. The zero-order valence-electron chi connectivity index (χ0n) is 14.1. The number of hydrogen-bond donors (Lipinski definition) is 0. The lowest BCUT2D eigenvalue weighted by Gasteiger charge is -2.26. The minimum absolute atomic E-state index is 0.0301. The molecule has 3 rings (SSSR count). The highest BCUT2D eigenvalue weighted by molar-refractivity contribution is 6.33. The molecule has 1 aliphatic heterocycles. The summed E-state index contributed by atoms with van der Waals surface area (Å²) < 4.78 is 0. The van der Waals surface area contributed by atoms with Gasteiger partial charge in [-0.25, -0.2) is 0 Å². The van der Waals surface area contributed by atoms with Gasteiger partial charge in [-0.1, -0.05) is 11.6 Å². The van der Waals surface area contributed by atoms with Crippen LogP contribution in [0.4, 0.5) is 5.69 Å². The SMILES string of the molecule is CC(c1ccncc1)N(C)C(=O)c1ccc(N2CCCC2)c(Cl)c1. The molecular weight excluding hydrogens is 322 g/mol. The zero-order valence-corrected chi connectivity index (χ0v) is 14.8. The first-order chi connectivity index (χ1) is 11.6. The van der Waals surface area contributed by atoms with Gasteiger partial charge in [0, 0.05) is 38.1 Å². The molecule has 1 unspecified atom stereocenters. The van der Waals surface area contributed by atoms with Crippen LogP contribution in [-0.2, 0) is 0 Å². The summed E-state index contributed by atoms with van der Waals surface area (Å²) in [7, 11) is 1.82. The molecule has 4 nitrogen and oxygen atoms in total. The van der Waals surface area contributed by atoms with E-state index in [-0.39, 0.29) is 11.9 Å². The fourth-order valence-electron chi connectivity index (χ4n) is 3.10. The van der Waals surface area contributed by atoms with Crippen LogP contribution in [0.3, 0.4) is 0 Å². The van der Waals surface area contributed by atoms with Crippen molar-refractivity contribution in [1.82, 2.24) is 9.88 Å². The fraction of sp³-hybridized carbons (Fsp3) is 0.368. The second-order valence-corrected chi connectivity index (χ2v) is 6.64. The van der Waals surface area contributed by atoms with E-state index in [9.17, 15) is 4.79 Å². The number of pyridine rings is 1. The number of carbonyl (C=O) groups is 1. The third-order valence-electron chi connectivity index (χ3n) is 4.73. The van der Waals surface area contributed by atoms with Gasteiger partial charge >= 0.3 is 0 Å². The summed E-state index contributed by atoms with van der Waals surface area (Å²) in [5, 5.41) is 0.646. The van der Waals surface area contributed by atoms with Gasteiger partial charge in [0.15, 0.2) is 0 Å². The minimum Gasteiger partial charge on any atom is -0.370 e. The topological polar surface area (TPSA) is 36.4 Å². The summed E-state index contributed by atoms with van der Waals surface area (Å²) in [6.07, 6.45) is 5.88. The van der Waals surface area contributed by atoms with Gasteiger partial charge in [-0.3, -0.25) is 9.78 Å². The third-order valence-corrected chi connectivity index (χ3v) is 5.03. The molecule has 1 aromatic carbocycles. The van der Waals surface area contributed by atoms with E-state index in [0.717, 1.165) is 24.3 Å². The van der Waals surface area contributed by atoms with E-state index >= 15 is 0 Å². The van der Waals surface area contributed by atoms with Crippen molar-refractivity contribution in [1.29, 1.82) is 0 Å². The van der Waals surface area contributed by atoms with Gasteiger partial charge in [0.05, 0.1) is 16.8 Å². The summed E-state index contributed by atoms with van der Waals surface area (Å²) in [6, 6.07) is 9.45. The Hall–Kier alpha value is -2.07. The molecule has 0 radical (unpaired) electrons. The first-order valence-electron chi connectivity index (χ1n) is 8.29. The molecule has 1 fully saturated rings. The van der Waals surface area contributed by atoms with Gasteiger partial charge in [-0.15, -0.1) is 0 Å². The molecule has 126 valence electrons. The normalized spacial score (nSPS) is 15.4. The predicted octanol–water partition coefficient (Wildman–Crippen LogP) is 4.17. The number of carbonyl (C=O) groups excluding carboxylic acids is 1. The van der Waals surface area contributed by atoms with Crippen LogP contribution in [0.25, 0.3) is 0 Å². The molecule has 0 saturated carbocycles. The molecule has 1 saturated heterocycles. The van der Waals surface area contributed by atoms with Crippen LogP contribution < -0.4 is 4.90 Å². The Labute approximate surface area is 148 Å². The molecule has 5 heteroatoms. The molecule has 0 aliphatic carbocycles. The van der Waals surface area contributed by atoms with Crippen molar-refractivity contribution < 1.29 is 4.79 Å². The maximum absolute atomic E-state index is 12.8. The van der Waals surface area contributed by atoms with Crippen LogP contribution in [0.15, 0.2) is 42.7 Å². The van der Waals surface area contributed by atoms with Crippen molar-refractivity contribution in [2.75, 3.05) is 25.0 Å². The highest BCUT2D eigenvalue weighted by atomic mass is 35.5. The Bertz CT molecular complexity index is 714.